The summed E-state index contributed by atoms with van der Waals surface area (Å²) >= 11 is 0. The van der Waals surface area contributed by atoms with Crippen LogP contribution < -0.4 is 20.0 Å². The van der Waals surface area contributed by atoms with Crippen LogP contribution in [0.3, 0.4) is 0 Å². The third-order valence-corrected chi connectivity index (χ3v) is 8.11. The summed E-state index contributed by atoms with van der Waals surface area (Å²) in [7, 11) is 3.82. The molecule has 0 aliphatic carbocycles. The van der Waals surface area contributed by atoms with E-state index in [0.717, 1.165) is 37.4 Å². The molecule has 1 unspecified atom stereocenters. The average molecular weight is 557 g/mol. The Balaban J connectivity index is 1.21. The van der Waals surface area contributed by atoms with Gasteiger partial charge in [0.1, 0.15) is 11.6 Å². The van der Waals surface area contributed by atoms with Gasteiger partial charge >= 0.3 is 6.03 Å². The third kappa shape index (κ3) is 4.97. The Bertz CT molecular complexity index is 1490. The predicted octanol–water partition coefficient (Wildman–Crippen LogP) is 4.15. The van der Waals surface area contributed by atoms with Crippen LogP contribution >= 0.6 is 0 Å². The monoisotopic (exact) mass is 556 g/mol. The van der Waals surface area contributed by atoms with Gasteiger partial charge in [-0.05, 0) is 49.9 Å². The van der Waals surface area contributed by atoms with Crippen molar-refractivity contribution < 1.29 is 14.0 Å². The molecular weight excluding hydrogens is 523 g/mol. The largest absolute Gasteiger partial charge is 0.369 e. The molecule has 1 fully saturated rings. The summed E-state index contributed by atoms with van der Waals surface area (Å²) in [4.78, 5) is 44.5. The first-order chi connectivity index (χ1) is 19.8. The lowest BCUT2D eigenvalue weighted by Crippen LogP contribution is -2.49. The van der Waals surface area contributed by atoms with Crippen molar-refractivity contribution in [1.82, 2.24) is 19.8 Å². The van der Waals surface area contributed by atoms with Crippen LogP contribution in [0.15, 0.2) is 61.3 Å². The number of urea groups is 1. The highest BCUT2D eigenvalue weighted by molar-refractivity contribution is 6.02. The van der Waals surface area contributed by atoms with Gasteiger partial charge in [-0.25, -0.2) is 14.2 Å². The molecule has 1 atom stereocenters. The quantitative estimate of drug-likeness (QED) is 0.473. The van der Waals surface area contributed by atoms with Crippen LogP contribution in [0.1, 0.15) is 23.6 Å². The SMILES string of the molecule is C=CC(=O)N1CCC(N2Cc3cnc(Nc4ccc(N5CCN(C)CC5)cc4)nc3N(C)C2=O)c2cccc(F)c21. The number of carbonyl (C=O) groups is 2. The molecule has 3 amide bonds. The number of nitrogens with one attached hydrogen (secondary N) is 1. The van der Waals surface area contributed by atoms with E-state index in [1.54, 1.807) is 30.3 Å². The smallest absolute Gasteiger partial charge is 0.326 e. The maximum absolute atomic E-state index is 15.0. The maximum atomic E-state index is 15.0. The molecule has 0 radical (unpaired) electrons. The van der Waals surface area contributed by atoms with E-state index in [1.807, 2.05) is 12.1 Å². The number of nitrogens with zero attached hydrogens (tertiary/aromatic N) is 7. The lowest BCUT2D eigenvalue weighted by atomic mass is 9.93. The van der Waals surface area contributed by atoms with Crippen molar-refractivity contribution in [2.75, 3.05) is 66.8 Å². The number of benzene rings is 2. The molecule has 0 saturated carbocycles. The fourth-order valence-corrected chi connectivity index (χ4v) is 5.85. The van der Waals surface area contributed by atoms with Gasteiger partial charge < -0.3 is 24.9 Å². The van der Waals surface area contributed by atoms with Crippen molar-refractivity contribution in [2.45, 2.75) is 19.0 Å². The van der Waals surface area contributed by atoms with Gasteiger partial charge in [0.05, 0.1) is 18.3 Å². The molecule has 3 aliphatic heterocycles. The Hall–Kier alpha value is -4.51. The van der Waals surface area contributed by atoms with Crippen LogP contribution in [0.5, 0.6) is 0 Å². The Kier molecular flexibility index (Phi) is 7.04. The molecule has 2 aromatic carbocycles. The average Bonchev–Trinajstić information content (AvgIpc) is 2.99. The second-order valence-corrected chi connectivity index (χ2v) is 10.7. The molecule has 1 saturated heterocycles. The minimum atomic E-state index is -0.503. The van der Waals surface area contributed by atoms with E-state index in [9.17, 15) is 14.0 Å². The van der Waals surface area contributed by atoms with Crippen molar-refractivity contribution in [3.05, 3.63) is 78.3 Å². The molecule has 41 heavy (non-hydrogen) atoms. The molecular formula is C30H33FN8O2. The fourth-order valence-electron chi connectivity index (χ4n) is 5.85. The topological polar surface area (TPSA) is 88.2 Å². The molecule has 6 rings (SSSR count). The van der Waals surface area contributed by atoms with Gasteiger partial charge in [-0.15, -0.1) is 0 Å². The molecule has 0 spiro atoms. The van der Waals surface area contributed by atoms with Gasteiger partial charge in [0.25, 0.3) is 0 Å². The summed E-state index contributed by atoms with van der Waals surface area (Å²) in [6, 6.07) is 12.2. The number of halogens is 1. The molecule has 0 bridgehead atoms. The third-order valence-electron chi connectivity index (χ3n) is 8.11. The van der Waals surface area contributed by atoms with E-state index in [2.05, 4.69) is 50.8 Å². The number of likely N-dealkylation sites (N-methyl/N-ethyl adjacent to an activating group) is 1. The van der Waals surface area contributed by atoms with Gasteiger partial charge in [-0.1, -0.05) is 18.7 Å². The number of amides is 3. The number of carbonyl (C=O) groups excluding carboxylic acids is 2. The predicted molar refractivity (Wildman–Crippen MR) is 157 cm³/mol. The molecule has 212 valence electrons. The normalized spacial score (nSPS) is 19.1. The number of fused-ring (bicyclic) bond motifs is 2. The van der Waals surface area contributed by atoms with Gasteiger partial charge in [0.2, 0.25) is 11.9 Å². The zero-order chi connectivity index (χ0) is 28.7. The molecule has 4 heterocycles. The minimum Gasteiger partial charge on any atom is -0.369 e. The highest BCUT2D eigenvalue weighted by atomic mass is 19.1. The molecule has 10 nitrogen and oxygen atoms in total. The van der Waals surface area contributed by atoms with Gasteiger partial charge in [-0.3, -0.25) is 9.69 Å². The number of piperazine rings is 1. The summed E-state index contributed by atoms with van der Waals surface area (Å²) in [6.07, 6.45) is 3.37. The first kappa shape index (κ1) is 26.7. The highest BCUT2D eigenvalue weighted by Crippen LogP contribution is 2.42. The standard InChI is InChI=1S/C30H33FN8O2/c1-4-26(40)38-13-12-25(23-6-5-7-24(31)27(23)38)39-19-20-18-32-29(34-28(20)36(3)30(39)41)33-21-8-10-22(11-9-21)37-16-14-35(2)15-17-37/h4-11,18,25H,1,12-17,19H2,2-3H3,(H,32,33,34). The summed E-state index contributed by atoms with van der Waals surface area (Å²) < 4.78 is 15.0. The van der Waals surface area contributed by atoms with Crippen molar-refractivity contribution >= 4 is 40.8 Å². The van der Waals surface area contributed by atoms with Crippen molar-refractivity contribution in [3.63, 3.8) is 0 Å². The Labute approximate surface area is 238 Å². The Morgan fingerprint density at radius 3 is 2.56 bits per heavy atom. The second-order valence-electron chi connectivity index (χ2n) is 10.7. The fraction of sp³-hybridized carbons (Fsp3) is 0.333. The molecule has 1 N–H and O–H groups in total. The molecule has 1 aromatic heterocycles. The Morgan fingerprint density at radius 1 is 1.07 bits per heavy atom. The lowest BCUT2D eigenvalue weighted by molar-refractivity contribution is -0.114. The van der Waals surface area contributed by atoms with E-state index >= 15 is 0 Å². The molecule has 3 aliphatic rings. The number of hydrogen-bond acceptors (Lipinski definition) is 7. The van der Waals surface area contributed by atoms with E-state index in [0.29, 0.717) is 23.8 Å². The zero-order valence-electron chi connectivity index (χ0n) is 23.3. The van der Waals surface area contributed by atoms with Crippen LogP contribution in [0.4, 0.5) is 38.0 Å². The summed E-state index contributed by atoms with van der Waals surface area (Å²) in [5.41, 5.74) is 3.61. The summed E-state index contributed by atoms with van der Waals surface area (Å²) in [5.74, 6) is 0.0465. The van der Waals surface area contributed by atoms with E-state index in [4.69, 9.17) is 0 Å². The van der Waals surface area contributed by atoms with E-state index < -0.39 is 11.9 Å². The maximum Gasteiger partial charge on any atom is 0.326 e. The van der Waals surface area contributed by atoms with Crippen molar-refractivity contribution in [3.8, 4) is 0 Å². The number of aromatic nitrogens is 2. The van der Waals surface area contributed by atoms with Crippen LogP contribution in [0.2, 0.25) is 0 Å². The van der Waals surface area contributed by atoms with Crippen LogP contribution in [-0.4, -0.2) is 78.5 Å². The lowest BCUT2D eigenvalue weighted by Gasteiger charge is -2.43. The zero-order valence-corrected chi connectivity index (χ0v) is 23.3. The van der Waals surface area contributed by atoms with Gasteiger partial charge in [-0.2, -0.15) is 4.98 Å². The highest BCUT2D eigenvalue weighted by Gasteiger charge is 2.39. The first-order valence-electron chi connectivity index (χ1n) is 13.8. The molecule has 3 aromatic rings. The number of rotatable bonds is 5. The summed E-state index contributed by atoms with van der Waals surface area (Å²) in [5, 5.41) is 3.25. The van der Waals surface area contributed by atoms with Crippen LogP contribution in [0.25, 0.3) is 0 Å². The minimum absolute atomic E-state index is 0.198. The van der Waals surface area contributed by atoms with Crippen LogP contribution in [-0.2, 0) is 11.3 Å². The van der Waals surface area contributed by atoms with Crippen molar-refractivity contribution in [2.24, 2.45) is 0 Å². The Morgan fingerprint density at radius 2 is 1.83 bits per heavy atom. The van der Waals surface area contributed by atoms with E-state index in [-0.39, 0.29) is 30.7 Å². The number of anilines is 5. The first-order valence-corrected chi connectivity index (χ1v) is 13.8. The van der Waals surface area contributed by atoms with Gasteiger partial charge in [0, 0.05) is 68.5 Å². The van der Waals surface area contributed by atoms with E-state index in [1.165, 1.54) is 27.6 Å². The van der Waals surface area contributed by atoms with Crippen molar-refractivity contribution in [1.29, 1.82) is 0 Å². The van der Waals surface area contributed by atoms with Gasteiger partial charge in [0.15, 0.2) is 0 Å². The summed E-state index contributed by atoms with van der Waals surface area (Å²) in [6.45, 7) is 8.19. The number of hydrogen-bond donors (Lipinski definition) is 1. The second kappa shape index (κ2) is 10.8. The number of para-hydroxylation sites is 1. The molecule has 11 heteroatoms. The van der Waals surface area contributed by atoms with Crippen LogP contribution in [0, 0.1) is 5.82 Å².